The molecule has 2 fully saturated rings. The maximum atomic E-state index is 12.1. The maximum absolute atomic E-state index is 12.1. The molecule has 4 nitrogen and oxygen atoms in total. The second kappa shape index (κ2) is 8.88. The Morgan fingerprint density at radius 2 is 2.00 bits per heavy atom. The summed E-state index contributed by atoms with van der Waals surface area (Å²) in [7, 11) is 1.64. The molecule has 1 aliphatic carbocycles. The summed E-state index contributed by atoms with van der Waals surface area (Å²) in [6.45, 7) is 4.99. The number of hydrogen-bond acceptors (Lipinski definition) is 3. The molecule has 4 heteroatoms. The van der Waals surface area contributed by atoms with Gasteiger partial charge in [-0.05, 0) is 25.2 Å². The van der Waals surface area contributed by atoms with Crippen molar-refractivity contribution in [2.24, 2.45) is 11.8 Å². The van der Waals surface area contributed by atoms with E-state index in [1.54, 1.807) is 7.11 Å². The summed E-state index contributed by atoms with van der Waals surface area (Å²) in [5.74, 6) is 1.24. The van der Waals surface area contributed by atoms with E-state index in [4.69, 9.17) is 9.47 Å². The van der Waals surface area contributed by atoms with Crippen molar-refractivity contribution in [3.8, 4) is 0 Å². The lowest BCUT2D eigenvalue weighted by Gasteiger charge is -2.46. The molecule has 0 aromatic heterocycles. The van der Waals surface area contributed by atoms with Gasteiger partial charge in [-0.1, -0.05) is 39.5 Å². The molecule has 0 bridgehead atoms. The van der Waals surface area contributed by atoms with Crippen LogP contribution < -0.4 is 5.32 Å². The van der Waals surface area contributed by atoms with Crippen LogP contribution in [-0.4, -0.2) is 37.9 Å². The number of ether oxygens (including phenoxy) is 2. The lowest BCUT2D eigenvalue weighted by atomic mass is 9.75. The topological polar surface area (TPSA) is 47.6 Å². The summed E-state index contributed by atoms with van der Waals surface area (Å²) in [6, 6.07) is 0.286. The molecule has 0 aromatic rings. The number of rotatable bonds is 7. The van der Waals surface area contributed by atoms with Crippen molar-refractivity contribution >= 4 is 5.91 Å². The number of fused-ring (bicyclic) bond motifs is 1. The van der Waals surface area contributed by atoms with E-state index < -0.39 is 0 Å². The molecule has 0 unspecified atom stereocenters. The predicted molar refractivity (Wildman–Crippen MR) is 87.7 cm³/mol. The molecule has 0 spiro atoms. The minimum Gasteiger partial charge on any atom is -0.384 e. The van der Waals surface area contributed by atoms with Gasteiger partial charge in [-0.3, -0.25) is 4.79 Å². The normalized spacial score (nSPS) is 31.8. The zero-order valence-corrected chi connectivity index (χ0v) is 14.5. The molecule has 1 N–H and O–H groups in total. The highest BCUT2D eigenvalue weighted by molar-refractivity contribution is 5.76. The van der Waals surface area contributed by atoms with Crippen LogP contribution in [0.2, 0.25) is 0 Å². The van der Waals surface area contributed by atoms with Gasteiger partial charge in [-0.2, -0.15) is 0 Å². The van der Waals surface area contributed by atoms with E-state index in [1.807, 2.05) is 0 Å². The van der Waals surface area contributed by atoms with Crippen LogP contribution in [0.25, 0.3) is 0 Å². The van der Waals surface area contributed by atoms with Crippen LogP contribution in [0.5, 0.6) is 0 Å². The van der Waals surface area contributed by atoms with Crippen LogP contribution in [0.15, 0.2) is 0 Å². The Labute approximate surface area is 135 Å². The van der Waals surface area contributed by atoms with E-state index in [-0.39, 0.29) is 11.9 Å². The number of carbonyl (C=O) groups is 1. The van der Waals surface area contributed by atoms with Crippen molar-refractivity contribution in [1.82, 2.24) is 5.32 Å². The van der Waals surface area contributed by atoms with Gasteiger partial charge in [0.15, 0.2) is 0 Å². The van der Waals surface area contributed by atoms with Gasteiger partial charge in [-0.25, -0.2) is 0 Å². The van der Waals surface area contributed by atoms with Gasteiger partial charge in [0.05, 0.1) is 18.8 Å². The van der Waals surface area contributed by atoms with Crippen LogP contribution in [0.4, 0.5) is 0 Å². The third-order valence-corrected chi connectivity index (χ3v) is 5.56. The number of carbonyl (C=O) groups excluding carboxylic acids is 1. The van der Waals surface area contributed by atoms with E-state index in [1.165, 1.54) is 19.3 Å². The molecule has 1 saturated carbocycles. The largest absolute Gasteiger partial charge is 0.384 e. The smallest absolute Gasteiger partial charge is 0.222 e. The summed E-state index contributed by atoms with van der Waals surface area (Å²) in [5, 5.41) is 3.29. The fourth-order valence-corrected chi connectivity index (χ4v) is 4.22. The highest BCUT2D eigenvalue weighted by Gasteiger charge is 2.41. The third-order valence-electron chi connectivity index (χ3n) is 5.56. The lowest BCUT2D eigenvalue weighted by molar-refractivity contribution is -0.142. The first kappa shape index (κ1) is 17.7. The summed E-state index contributed by atoms with van der Waals surface area (Å²) >= 11 is 0. The Bertz CT molecular complexity index is 343. The van der Waals surface area contributed by atoms with Crippen molar-refractivity contribution in [1.29, 1.82) is 0 Å². The number of methoxy groups -OCH3 is 1. The van der Waals surface area contributed by atoms with Crippen LogP contribution in [0.3, 0.4) is 0 Å². The molecule has 4 atom stereocenters. The monoisotopic (exact) mass is 311 g/mol. The highest BCUT2D eigenvalue weighted by Crippen LogP contribution is 2.39. The molecule has 0 radical (unpaired) electrons. The molecular formula is C18H33NO3. The van der Waals surface area contributed by atoms with Crippen LogP contribution in [0.1, 0.15) is 65.2 Å². The van der Waals surface area contributed by atoms with Crippen molar-refractivity contribution < 1.29 is 14.3 Å². The number of amides is 1. The zero-order valence-electron chi connectivity index (χ0n) is 14.5. The van der Waals surface area contributed by atoms with E-state index in [0.717, 1.165) is 25.7 Å². The van der Waals surface area contributed by atoms with Crippen molar-refractivity contribution in [3.63, 3.8) is 0 Å². The average Bonchev–Trinajstić information content (AvgIpc) is 2.54. The first-order valence-electron chi connectivity index (χ1n) is 9.13. The molecule has 1 amide bonds. The van der Waals surface area contributed by atoms with Crippen molar-refractivity contribution in [2.75, 3.05) is 13.7 Å². The quantitative estimate of drug-likeness (QED) is 0.785. The van der Waals surface area contributed by atoms with Crippen LogP contribution in [0, 0.1) is 11.8 Å². The average molecular weight is 311 g/mol. The highest BCUT2D eigenvalue weighted by atomic mass is 16.5. The standard InChI is InChI=1S/C18H33NO3/c1-4-13(5-2)17-12-15(19-18(20)10-11-21-3)14-8-6-7-9-16(14)22-17/h13-17H,4-12H2,1-3H3,(H,19,20)/t14-,15+,16+,17+/m0/s1. The lowest BCUT2D eigenvalue weighted by Crippen LogP contribution is -2.54. The van der Waals surface area contributed by atoms with E-state index in [0.29, 0.717) is 37.1 Å². The van der Waals surface area contributed by atoms with E-state index in [2.05, 4.69) is 19.2 Å². The van der Waals surface area contributed by atoms with E-state index in [9.17, 15) is 4.79 Å². The second-order valence-corrected chi connectivity index (χ2v) is 6.89. The second-order valence-electron chi connectivity index (χ2n) is 6.89. The predicted octanol–water partition coefficient (Wildman–Crippen LogP) is 3.29. The Morgan fingerprint density at radius 3 is 2.68 bits per heavy atom. The SMILES string of the molecule is CCC(CC)[C@H]1C[C@@H](NC(=O)CCOC)[C@@H]2CCCC[C@H]2O1. The summed E-state index contributed by atoms with van der Waals surface area (Å²) < 4.78 is 11.5. The minimum absolute atomic E-state index is 0.126. The van der Waals surface area contributed by atoms with Gasteiger partial charge in [-0.15, -0.1) is 0 Å². The summed E-state index contributed by atoms with van der Waals surface area (Å²) in [5.41, 5.74) is 0. The summed E-state index contributed by atoms with van der Waals surface area (Å²) in [6.07, 6.45) is 9.29. The van der Waals surface area contributed by atoms with Crippen molar-refractivity contribution in [3.05, 3.63) is 0 Å². The van der Waals surface area contributed by atoms with Gasteiger partial charge in [0, 0.05) is 25.5 Å². The van der Waals surface area contributed by atoms with Crippen LogP contribution in [-0.2, 0) is 14.3 Å². The molecule has 22 heavy (non-hydrogen) atoms. The molecule has 1 aliphatic heterocycles. The molecule has 0 aromatic carbocycles. The molecular weight excluding hydrogens is 278 g/mol. The Morgan fingerprint density at radius 1 is 1.27 bits per heavy atom. The Balaban J connectivity index is 2.01. The first-order chi connectivity index (χ1) is 10.7. The number of hydrogen-bond donors (Lipinski definition) is 1. The third kappa shape index (κ3) is 4.45. The maximum Gasteiger partial charge on any atom is 0.222 e. The fraction of sp³-hybridized carbons (Fsp3) is 0.944. The molecule has 128 valence electrons. The van der Waals surface area contributed by atoms with Gasteiger partial charge in [0.25, 0.3) is 0 Å². The van der Waals surface area contributed by atoms with Gasteiger partial charge < -0.3 is 14.8 Å². The van der Waals surface area contributed by atoms with Crippen molar-refractivity contribution in [2.45, 2.75) is 83.5 Å². The Kier molecular flexibility index (Phi) is 7.16. The zero-order chi connectivity index (χ0) is 15.9. The molecule has 2 aliphatic rings. The molecule has 1 saturated heterocycles. The Hall–Kier alpha value is -0.610. The summed E-state index contributed by atoms with van der Waals surface area (Å²) in [4.78, 5) is 12.1. The van der Waals surface area contributed by atoms with Gasteiger partial charge in [0.1, 0.15) is 0 Å². The fourth-order valence-electron chi connectivity index (χ4n) is 4.22. The minimum atomic E-state index is 0.126. The van der Waals surface area contributed by atoms with E-state index >= 15 is 0 Å². The van der Waals surface area contributed by atoms with Crippen LogP contribution >= 0.6 is 0 Å². The first-order valence-corrected chi connectivity index (χ1v) is 9.13. The van der Waals surface area contributed by atoms with Gasteiger partial charge in [0.2, 0.25) is 5.91 Å². The number of nitrogens with one attached hydrogen (secondary N) is 1. The molecule has 2 rings (SSSR count). The molecule has 1 heterocycles. The van der Waals surface area contributed by atoms with Gasteiger partial charge >= 0.3 is 0 Å².